The maximum absolute atomic E-state index is 12.4. The van der Waals surface area contributed by atoms with E-state index in [-0.39, 0.29) is 151 Å². The monoisotopic (exact) mass is 1240 g/mol. The van der Waals surface area contributed by atoms with E-state index in [0.29, 0.717) is 37.9 Å². The Labute approximate surface area is 507 Å². The number of Topliss-reactive ketones (excluding diaryl/α,β-unsaturated/α-hetero) is 3. The summed E-state index contributed by atoms with van der Waals surface area (Å²) in [7, 11) is 0. The van der Waals surface area contributed by atoms with Crippen molar-refractivity contribution in [1.82, 2.24) is 21.3 Å². The highest BCUT2D eigenvalue weighted by Crippen LogP contribution is 2.19. The lowest BCUT2D eigenvalue weighted by atomic mass is 9.94. The molecule has 0 bridgehead atoms. The number of ether oxygens (including phenoxy) is 4. The molecule has 5 atom stereocenters. The summed E-state index contributed by atoms with van der Waals surface area (Å²) in [5, 5.41) is 56.3. The molecule has 0 heterocycles. The fourth-order valence-corrected chi connectivity index (χ4v) is 9.17. The summed E-state index contributed by atoms with van der Waals surface area (Å²) in [6.45, 7) is 5.08. The van der Waals surface area contributed by atoms with Crippen LogP contribution in [0.2, 0.25) is 0 Å². The highest BCUT2D eigenvalue weighted by molar-refractivity contribution is 7.99. The number of hydrogen-bond acceptors (Lipinski definition) is 18. The summed E-state index contributed by atoms with van der Waals surface area (Å²) in [6, 6.07) is -2.57. The minimum atomic E-state index is -1.24. The molecule has 26 heteroatoms. The van der Waals surface area contributed by atoms with E-state index < -0.39 is 66.9 Å². The highest BCUT2D eigenvalue weighted by atomic mass is 32.2. The van der Waals surface area contributed by atoms with Gasteiger partial charge in [0.15, 0.2) is 0 Å². The van der Waals surface area contributed by atoms with Gasteiger partial charge in [-0.3, -0.25) is 43.2 Å². The number of carbonyl (C=O) groups excluding carboxylic acids is 7. The summed E-state index contributed by atoms with van der Waals surface area (Å²) >= 11 is 1.24. The number of carboxylic acids is 4. The van der Waals surface area contributed by atoms with Crippen LogP contribution in [0.3, 0.4) is 0 Å². The number of aliphatic carboxylic acids is 4. The summed E-state index contributed by atoms with van der Waals surface area (Å²) < 4.78 is 21.4. The van der Waals surface area contributed by atoms with Gasteiger partial charge in [-0.2, -0.15) is 11.8 Å². The van der Waals surface area contributed by atoms with E-state index in [4.69, 9.17) is 40.0 Å². The zero-order valence-corrected chi connectivity index (χ0v) is 51.8. The van der Waals surface area contributed by atoms with Crippen molar-refractivity contribution in [2.45, 2.75) is 212 Å². The van der Waals surface area contributed by atoms with Gasteiger partial charge >= 0.3 is 23.9 Å². The Balaban J connectivity index is 0. The Bertz CT molecular complexity index is 1880. The molecule has 85 heavy (non-hydrogen) atoms. The number of carboxylic acid groups (broad SMARTS) is 4. The number of thioether (sulfide) groups is 1. The van der Waals surface area contributed by atoms with Crippen LogP contribution in [0, 0.1) is 11.8 Å². The molecule has 0 saturated carbocycles. The number of amides is 4. The number of carbonyl (C=O) groups is 11. The Morgan fingerprint density at radius 1 is 0.482 bits per heavy atom. The Kier molecular flexibility index (Phi) is 54.6. The van der Waals surface area contributed by atoms with E-state index in [1.165, 1.54) is 76.5 Å². The van der Waals surface area contributed by atoms with E-state index in [0.717, 1.165) is 38.5 Å². The van der Waals surface area contributed by atoms with Crippen molar-refractivity contribution in [2.75, 3.05) is 84.1 Å². The van der Waals surface area contributed by atoms with Crippen LogP contribution < -0.4 is 27.0 Å². The van der Waals surface area contributed by atoms with Crippen LogP contribution in [-0.4, -0.2) is 193 Å². The number of nitrogens with two attached hydrogens (primary N) is 1. The van der Waals surface area contributed by atoms with Gasteiger partial charge in [-0.25, -0.2) is 9.59 Å². The largest absolute Gasteiger partial charge is 0.481 e. The van der Waals surface area contributed by atoms with Gasteiger partial charge in [0.2, 0.25) is 23.6 Å². The smallest absolute Gasteiger partial charge is 0.326 e. The van der Waals surface area contributed by atoms with Crippen LogP contribution in [0.15, 0.2) is 0 Å². The fourth-order valence-electron chi connectivity index (χ4n) is 8.06. The zero-order chi connectivity index (χ0) is 63.9. The van der Waals surface area contributed by atoms with Gasteiger partial charge in [0.05, 0.1) is 57.4 Å². The van der Waals surface area contributed by atoms with Crippen LogP contribution in [0.4, 0.5) is 0 Å². The third-order valence-corrected chi connectivity index (χ3v) is 14.6. The first-order valence-corrected chi connectivity index (χ1v) is 31.6. The third kappa shape index (κ3) is 54.0. The first kappa shape index (κ1) is 81.9. The maximum atomic E-state index is 12.4. The van der Waals surface area contributed by atoms with Gasteiger partial charge in [0.1, 0.15) is 42.6 Å². The van der Waals surface area contributed by atoms with Gasteiger partial charge in [0.25, 0.3) is 0 Å². The van der Waals surface area contributed by atoms with Crippen molar-refractivity contribution in [2.24, 2.45) is 17.6 Å². The number of unbranched alkanes of at least 4 members (excludes halogenated alkanes) is 16. The topological polar surface area (TPSA) is 400 Å². The molecule has 0 radical (unpaired) electrons. The van der Waals surface area contributed by atoms with Gasteiger partial charge in [-0.15, -0.1) is 0 Å². The van der Waals surface area contributed by atoms with Crippen molar-refractivity contribution >= 4 is 76.6 Å². The highest BCUT2D eigenvalue weighted by Gasteiger charge is 2.26. The second-order valence-electron chi connectivity index (χ2n) is 21.1. The summed E-state index contributed by atoms with van der Waals surface area (Å²) in [6.07, 6.45) is 20.0. The normalized spacial score (nSPS) is 12.8. The molecule has 0 saturated heterocycles. The standard InChI is InChI=1S/C55H96N4O19S.C4H9NO/c1-2-42(47(62)36-43(37-60)53(69)70)40-79-41-51(66)56-28-20-19-23-45(54(71)72)59-50(65)39-78-35-33-76-31-29-57-49(64)38-77-34-32-75-30-21-22-44(61)26-27-46(55(73)74)58-48(63)24-17-15-13-11-9-7-5-3-4-6-8-10-12-14-16-18-25-52(67)68;1-3(5)4(2)6/h42-43,45-46,60H,2-41H2,1H3,(H,56,66)(H,57,64)(H,58,63)(H,59,65)(H,67,68)(H,69,70)(H,71,72)(H,73,74);3H,5H2,1-2H3/t42-,43-,45-,46+;3-/m00/s1. The number of aliphatic hydroxyl groups excluding tert-OH is 1. The minimum absolute atomic E-state index is 0.0103. The predicted molar refractivity (Wildman–Crippen MR) is 320 cm³/mol. The number of ketones is 3. The average Bonchev–Trinajstić information content (AvgIpc) is 3.50. The molecule has 0 aliphatic carbocycles. The van der Waals surface area contributed by atoms with Gasteiger partial charge in [-0.05, 0) is 65.2 Å². The van der Waals surface area contributed by atoms with E-state index in [9.17, 15) is 63.0 Å². The molecular formula is C59H105N5O20S. The molecule has 0 aliphatic rings. The number of rotatable bonds is 59. The van der Waals surface area contributed by atoms with Crippen molar-refractivity contribution < 1.29 is 97.2 Å². The first-order valence-electron chi connectivity index (χ1n) is 30.5. The molecule has 492 valence electrons. The van der Waals surface area contributed by atoms with Crippen LogP contribution in [-0.2, 0) is 71.7 Å². The van der Waals surface area contributed by atoms with Crippen LogP contribution in [0.1, 0.15) is 194 Å². The number of nitrogens with one attached hydrogen (secondary N) is 4. The summed E-state index contributed by atoms with van der Waals surface area (Å²) in [4.78, 5) is 129. The summed E-state index contributed by atoms with van der Waals surface area (Å²) in [5.74, 6) is -7.51. The van der Waals surface area contributed by atoms with Crippen molar-refractivity contribution in [3.05, 3.63) is 0 Å². The van der Waals surface area contributed by atoms with Crippen molar-refractivity contribution in [3.63, 3.8) is 0 Å². The Morgan fingerprint density at radius 2 is 0.953 bits per heavy atom. The molecule has 25 nitrogen and oxygen atoms in total. The third-order valence-electron chi connectivity index (χ3n) is 13.4. The van der Waals surface area contributed by atoms with Crippen LogP contribution in [0.25, 0.3) is 0 Å². The van der Waals surface area contributed by atoms with E-state index in [1.807, 2.05) is 0 Å². The Morgan fingerprint density at radius 3 is 1.45 bits per heavy atom. The van der Waals surface area contributed by atoms with Gasteiger partial charge in [-0.1, -0.05) is 96.8 Å². The Hall–Kier alpha value is -5.12. The first-order chi connectivity index (χ1) is 40.6. The van der Waals surface area contributed by atoms with Crippen LogP contribution >= 0.6 is 11.8 Å². The van der Waals surface area contributed by atoms with Crippen LogP contribution in [0.5, 0.6) is 0 Å². The number of aliphatic hydroxyl groups is 1. The lowest BCUT2D eigenvalue weighted by Crippen LogP contribution is -2.42. The lowest BCUT2D eigenvalue weighted by Gasteiger charge is -2.16. The van der Waals surface area contributed by atoms with Gasteiger partial charge in [0, 0.05) is 63.5 Å². The average molecular weight is 1240 g/mol. The molecule has 11 N–H and O–H groups in total. The van der Waals surface area contributed by atoms with Crippen molar-refractivity contribution in [3.8, 4) is 0 Å². The second-order valence-corrected chi connectivity index (χ2v) is 22.1. The van der Waals surface area contributed by atoms with Gasteiger partial charge < -0.3 is 71.5 Å². The quantitative estimate of drug-likeness (QED) is 0.0351. The molecule has 0 aromatic carbocycles. The molecule has 0 fully saturated rings. The molecule has 0 unspecified atom stereocenters. The molecule has 4 amide bonds. The van der Waals surface area contributed by atoms with E-state index >= 15 is 0 Å². The lowest BCUT2D eigenvalue weighted by molar-refractivity contribution is -0.145. The fraction of sp³-hybridized carbons (Fsp3) is 0.814. The molecular weight excluding hydrogens is 1130 g/mol. The maximum Gasteiger partial charge on any atom is 0.326 e. The summed E-state index contributed by atoms with van der Waals surface area (Å²) in [5.41, 5.74) is 5.09. The molecule has 0 aromatic heterocycles. The molecule has 0 rings (SSSR count). The molecule has 0 aromatic rings. The van der Waals surface area contributed by atoms with E-state index in [1.54, 1.807) is 13.8 Å². The number of hydrogen-bond donors (Lipinski definition) is 10. The minimum Gasteiger partial charge on any atom is -0.481 e. The molecule has 0 spiro atoms. The second kappa shape index (κ2) is 56.7. The predicted octanol–water partition coefficient (Wildman–Crippen LogP) is 5.16. The van der Waals surface area contributed by atoms with Crippen molar-refractivity contribution in [1.29, 1.82) is 0 Å². The molecule has 0 aliphatic heterocycles. The van der Waals surface area contributed by atoms with E-state index in [2.05, 4.69) is 21.3 Å². The SMILES string of the molecule is CC(=O)[C@H](C)N.CC[C@@H](CSCC(=O)NCCCC[C@H](NC(=O)COCCOCCNC(=O)COCCOCCCC(=O)CC[C@@H](NC(=O)CCCCCCCCCCCCCCCCCCC(=O)O)C(=O)O)C(=O)O)C(=O)C[C@@H](CO)C(=O)O. The zero-order valence-electron chi connectivity index (χ0n) is 51.0.